The number of nitrogens with zero attached hydrogens (tertiary/aromatic N) is 1. The van der Waals surface area contributed by atoms with Crippen molar-refractivity contribution < 1.29 is 9.59 Å². The average Bonchev–Trinajstić information content (AvgIpc) is 2.99. The Balaban J connectivity index is 1.75. The van der Waals surface area contributed by atoms with E-state index in [2.05, 4.69) is 5.32 Å². The van der Waals surface area contributed by atoms with Gasteiger partial charge in [-0.15, -0.1) is 0 Å². The van der Waals surface area contributed by atoms with Crippen molar-refractivity contribution in [2.24, 2.45) is 11.8 Å². The van der Waals surface area contributed by atoms with E-state index in [1.165, 1.54) is 0 Å². The third-order valence-corrected chi connectivity index (χ3v) is 3.79. The van der Waals surface area contributed by atoms with Crippen molar-refractivity contribution in [3.8, 4) is 0 Å². The molecular formula is C11H16N2O2. The highest BCUT2D eigenvalue weighted by Crippen LogP contribution is 2.47. The summed E-state index contributed by atoms with van der Waals surface area (Å²) in [6, 6.07) is 0.125. The summed E-state index contributed by atoms with van der Waals surface area (Å²) in [5.41, 5.74) is 0. The van der Waals surface area contributed by atoms with Crippen molar-refractivity contribution in [3.63, 3.8) is 0 Å². The minimum atomic E-state index is 0.0563. The number of carbonyl (C=O) groups excluding carboxylic acids is 2. The molecule has 4 nitrogen and oxygen atoms in total. The molecule has 0 spiro atoms. The molecule has 3 fully saturated rings. The maximum Gasteiger partial charge on any atom is 0.233 e. The van der Waals surface area contributed by atoms with Gasteiger partial charge in [0.05, 0.1) is 17.9 Å². The molecule has 2 aliphatic heterocycles. The zero-order chi connectivity index (χ0) is 10.4. The first-order valence-corrected chi connectivity index (χ1v) is 5.86. The number of piperidine rings is 1. The minimum absolute atomic E-state index is 0.0563. The number of nitrogens with one attached hydrogen (secondary N) is 1. The van der Waals surface area contributed by atoms with Crippen LogP contribution in [0.4, 0.5) is 0 Å². The molecule has 4 heteroatoms. The number of likely N-dealkylation sites (tertiary alicyclic amines) is 1. The fraction of sp³-hybridized carbons (Fsp3) is 0.818. The molecule has 3 atom stereocenters. The van der Waals surface area contributed by atoms with Crippen LogP contribution < -0.4 is 5.32 Å². The van der Waals surface area contributed by atoms with Gasteiger partial charge in [0.2, 0.25) is 11.8 Å². The highest BCUT2D eigenvalue weighted by molar-refractivity contribution is 6.09. The van der Waals surface area contributed by atoms with Crippen molar-refractivity contribution in [2.45, 2.75) is 31.7 Å². The first-order valence-electron chi connectivity index (χ1n) is 5.86. The molecule has 2 amide bonds. The van der Waals surface area contributed by atoms with Gasteiger partial charge in [-0.3, -0.25) is 14.5 Å². The van der Waals surface area contributed by atoms with E-state index in [1.807, 2.05) is 0 Å². The van der Waals surface area contributed by atoms with Gasteiger partial charge >= 0.3 is 0 Å². The molecule has 82 valence electrons. The fourth-order valence-corrected chi connectivity index (χ4v) is 2.79. The van der Waals surface area contributed by atoms with Gasteiger partial charge < -0.3 is 5.32 Å². The fourth-order valence-electron chi connectivity index (χ4n) is 2.79. The number of rotatable bonds is 1. The molecule has 2 heterocycles. The number of carbonyl (C=O) groups is 2. The second-order valence-corrected chi connectivity index (χ2v) is 4.85. The normalized spacial score (nSPS) is 40.3. The second-order valence-electron chi connectivity index (χ2n) is 4.85. The molecule has 2 saturated heterocycles. The number of hydrogen-bond acceptors (Lipinski definition) is 3. The largest absolute Gasteiger partial charge is 0.315 e. The molecule has 0 aromatic heterocycles. The molecule has 3 aliphatic rings. The molecule has 3 rings (SSSR count). The standard InChI is InChI=1S/C11H16N2O2/c14-10-8-5-9(8)11(15)13(10)7-3-1-2-4-12-6-7/h7-9,12H,1-6H2. The predicted octanol–water partition coefficient (Wildman–Crippen LogP) is 0.133. The lowest BCUT2D eigenvalue weighted by Crippen LogP contribution is -2.46. The Morgan fingerprint density at radius 3 is 2.60 bits per heavy atom. The lowest BCUT2D eigenvalue weighted by molar-refractivity contribution is -0.144. The summed E-state index contributed by atoms with van der Waals surface area (Å²) in [6.07, 6.45) is 4.06. The lowest BCUT2D eigenvalue weighted by atomic mass is 10.1. The molecule has 1 N–H and O–H groups in total. The molecule has 1 saturated carbocycles. The van der Waals surface area contributed by atoms with Crippen molar-refractivity contribution >= 4 is 11.8 Å². The maximum absolute atomic E-state index is 11.8. The maximum atomic E-state index is 11.8. The molecule has 0 aromatic carbocycles. The van der Waals surface area contributed by atoms with Crippen LogP contribution in [0.3, 0.4) is 0 Å². The van der Waals surface area contributed by atoms with Gasteiger partial charge in [-0.2, -0.15) is 0 Å². The number of amides is 2. The predicted molar refractivity (Wildman–Crippen MR) is 54.0 cm³/mol. The van der Waals surface area contributed by atoms with Crippen molar-refractivity contribution in [2.75, 3.05) is 13.1 Å². The van der Waals surface area contributed by atoms with Gasteiger partial charge in [0.1, 0.15) is 0 Å². The van der Waals surface area contributed by atoms with Gasteiger partial charge in [0.15, 0.2) is 0 Å². The SMILES string of the molecule is O=C1C2CC2C(=O)N1C1CCCCNC1. The zero-order valence-electron chi connectivity index (χ0n) is 8.74. The first kappa shape index (κ1) is 9.33. The van der Waals surface area contributed by atoms with E-state index >= 15 is 0 Å². The van der Waals surface area contributed by atoms with E-state index < -0.39 is 0 Å². The summed E-state index contributed by atoms with van der Waals surface area (Å²) in [6.45, 7) is 1.80. The van der Waals surface area contributed by atoms with Crippen LogP contribution in [-0.2, 0) is 9.59 Å². The molecule has 15 heavy (non-hydrogen) atoms. The Bertz CT molecular complexity index is 288. The summed E-state index contributed by atoms with van der Waals surface area (Å²) >= 11 is 0. The van der Waals surface area contributed by atoms with Crippen LogP contribution in [-0.4, -0.2) is 35.8 Å². The third-order valence-electron chi connectivity index (χ3n) is 3.79. The Kier molecular flexibility index (Phi) is 2.06. The van der Waals surface area contributed by atoms with E-state index in [4.69, 9.17) is 0 Å². The van der Waals surface area contributed by atoms with Crippen LogP contribution in [0, 0.1) is 11.8 Å². The summed E-state index contributed by atoms with van der Waals surface area (Å²) < 4.78 is 0. The van der Waals surface area contributed by atoms with E-state index in [-0.39, 0.29) is 29.7 Å². The zero-order valence-corrected chi connectivity index (χ0v) is 8.74. The van der Waals surface area contributed by atoms with Gasteiger partial charge in [-0.05, 0) is 25.8 Å². The summed E-state index contributed by atoms with van der Waals surface area (Å²) in [7, 11) is 0. The molecular weight excluding hydrogens is 192 g/mol. The Labute approximate surface area is 89.0 Å². The van der Waals surface area contributed by atoms with Gasteiger partial charge in [0.25, 0.3) is 0 Å². The quantitative estimate of drug-likeness (QED) is 0.623. The van der Waals surface area contributed by atoms with Crippen LogP contribution in [0.15, 0.2) is 0 Å². The van der Waals surface area contributed by atoms with Gasteiger partial charge in [-0.25, -0.2) is 0 Å². The van der Waals surface area contributed by atoms with Gasteiger partial charge in [0, 0.05) is 6.54 Å². The topological polar surface area (TPSA) is 49.4 Å². The highest BCUT2D eigenvalue weighted by Gasteiger charge is 2.60. The lowest BCUT2D eigenvalue weighted by Gasteiger charge is -2.26. The number of hydrogen-bond donors (Lipinski definition) is 1. The van der Waals surface area contributed by atoms with Crippen molar-refractivity contribution in [3.05, 3.63) is 0 Å². The Morgan fingerprint density at radius 2 is 1.87 bits per heavy atom. The van der Waals surface area contributed by atoms with E-state index in [9.17, 15) is 9.59 Å². The van der Waals surface area contributed by atoms with E-state index in [0.717, 1.165) is 38.8 Å². The molecule has 3 unspecified atom stereocenters. The molecule has 0 bridgehead atoms. The Morgan fingerprint density at radius 1 is 1.13 bits per heavy atom. The van der Waals surface area contributed by atoms with Gasteiger partial charge in [-0.1, -0.05) is 6.42 Å². The number of imide groups is 1. The summed E-state index contributed by atoms with van der Waals surface area (Å²) in [4.78, 5) is 25.2. The smallest absolute Gasteiger partial charge is 0.233 e. The average molecular weight is 208 g/mol. The molecule has 0 aromatic rings. The van der Waals surface area contributed by atoms with Crippen LogP contribution in [0.5, 0.6) is 0 Å². The van der Waals surface area contributed by atoms with Crippen LogP contribution in [0.25, 0.3) is 0 Å². The summed E-state index contributed by atoms with van der Waals surface area (Å²) in [5.74, 6) is 0.305. The Hall–Kier alpha value is -0.900. The third kappa shape index (κ3) is 1.39. The van der Waals surface area contributed by atoms with Crippen molar-refractivity contribution in [1.29, 1.82) is 0 Å². The van der Waals surface area contributed by atoms with Crippen LogP contribution in [0.1, 0.15) is 25.7 Å². The van der Waals surface area contributed by atoms with Crippen LogP contribution >= 0.6 is 0 Å². The van der Waals surface area contributed by atoms with Crippen LogP contribution in [0.2, 0.25) is 0 Å². The molecule has 1 aliphatic carbocycles. The highest BCUT2D eigenvalue weighted by atomic mass is 16.2. The van der Waals surface area contributed by atoms with E-state index in [0.29, 0.717) is 0 Å². The minimum Gasteiger partial charge on any atom is -0.315 e. The second kappa shape index (κ2) is 3.30. The van der Waals surface area contributed by atoms with Crippen molar-refractivity contribution in [1.82, 2.24) is 10.2 Å². The monoisotopic (exact) mass is 208 g/mol. The first-order chi connectivity index (χ1) is 7.29. The summed E-state index contributed by atoms with van der Waals surface area (Å²) in [5, 5.41) is 3.30. The number of fused-ring (bicyclic) bond motifs is 1. The molecule has 0 radical (unpaired) electrons. The van der Waals surface area contributed by atoms with E-state index in [1.54, 1.807) is 4.90 Å².